The molecule has 0 aliphatic carbocycles. The Hall–Kier alpha value is -1.52. The van der Waals surface area contributed by atoms with Gasteiger partial charge >= 0.3 is 0 Å². The van der Waals surface area contributed by atoms with Crippen molar-refractivity contribution < 1.29 is 0 Å². The molecule has 0 aromatic carbocycles. The summed E-state index contributed by atoms with van der Waals surface area (Å²) in [4.78, 5) is 10.8. The van der Waals surface area contributed by atoms with Crippen molar-refractivity contribution in [1.82, 2.24) is 9.97 Å². The molecule has 5 nitrogen and oxygen atoms in total. The molecule has 0 spiro atoms. The van der Waals surface area contributed by atoms with Gasteiger partial charge in [0.15, 0.2) is 11.6 Å². The van der Waals surface area contributed by atoms with E-state index in [0.717, 1.165) is 31.1 Å². The standard InChI is InChI=1S/C25H49N5/c1-4-6-8-9-10-11-12-13-14-15-16-17-18-19-20-27-24-23(26)25(29-22-28-24)30(3)21-7-5-2/h22H,4-21,26H2,1-3H3,(H,27,28,29). The molecule has 1 heterocycles. The van der Waals surface area contributed by atoms with E-state index in [-0.39, 0.29) is 0 Å². The van der Waals surface area contributed by atoms with E-state index in [1.165, 1.54) is 96.3 Å². The first-order chi connectivity index (χ1) is 14.7. The van der Waals surface area contributed by atoms with Gasteiger partial charge in [0.05, 0.1) is 0 Å². The summed E-state index contributed by atoms with van der Waals surface area (Å²) in [6, 6.07) is 0. The number of hydrogen-bond donors (Lipinski definition) is 2. The third kappa shape index (κ3) is 12.2. The third-order valence-corrected chi connectivity index (χ3v) is 5.89. The molecule has 0 aliphatic rings. The Labute approximate surface area is 186 Å². The van der Waals surface area contributed by atoms with Crippen LogP contribution in [-0.4, -0.2) is 30.1 Å². The van der Waals surface area contributed by atoms with Crippen LogP contribution >= 0.6 is 0 Å². The number of rotatable bonds is 20. The van der Waals surface area contributed by atoms with Gasteiger partial charge in [0, 0.05) is 20.1 Å². The number of unbranched alkanes of at least 4 members (excludes halogenated alkanes) is 14. The Morgan fingerprint density at radius 1 is 0.733 bits per heavy atom. The maximum atomic E-state index is 6.29. The molecule has 0 fully saturated rings. The van der Waals surface area contributed by atoms with Gasteiger partial charge in [-0.05, 0) is 12.8 Å². The van der Waals surface area contributed by atoms with E-state index in [4.69, 9.17) is 5.73 Å². The van der Waals surface area contributed by atoms with E-state index in [1.807, 2.05) is 7.05 Å². The molecular formula is C25H49N5. The number of nitrogens with zero attached hydrogens (tertiary/aromatic N) is 3. The Morgan fingerprint density at radius 3 is 1.77 bits per heavy atom. The number of aromatic nitrogens is 2. The molecule has 1 aromatic heterocycles. The van der Waals surface area contributed by atoms with E-state index in [2.05, 4.69) is 34.0 Å². The zero-order valence-electron chi connectivity index (χ0n) is 20.2. The van der Waals surface area contributed by atoms with Crippen molar-refractivity contribution in [2.75, 3.05) is 36.1 Å². The Balaban J connectivity index is 2.02. The third-order valence-electron chi connectivity index (χ3n) is 5.89. The van der Waals surface area contributed by atoms with Crippen LogP contribution in [0.15, 0.2) is 6.33 Å². The summed E-state index contributed by atoms with van der Waals surface area (Å²) in [5.41, 5.74) is 6.96. The second-order valence-electron chi connectivity index (χ2n) is 8.76. The molecule has 3 N–H and O–H groups in total. The van der Waals surface area contributed by atoms with Crippen LogP contribution < -0.4 is 16.0 Å². The number of hydrogen-bond acceptors (Lipinski definition) is 5. The second-order valence-corrected chi connectivity index (χ2v) is 8.76. The molecule has 174 valence electrons. The van der Waals surface area contributed by atoms with Crippen LogP contribution in [0.3, 0.4) is 0 Å². The molecule has 0 aliphatic heterocycles. The van der Waals surface area contributed by atoms with Gasteiger partial charge in [-0.2, -0.15) is 0 Å². The van der Waals surface area contributed by atoms with E-state index >= 15 is 0 Å². The van der Waals surface area contributed by atoms with Crippen LogP contribution in [0, 0.1) is 0 Å². The maximum absolute atomic E-state index is 6.29. The lowest BCUT2D eigenvalue weighted by atomic mass is 10.0. The molecule has 0 radical (unpaired) electrons. The van der Waals surface area contributed by atoms with Gasteiger partial charge in [-0.25, -0.2) is 9.97 Å². The second kappa shape index (κ2) is 18.3. The lowest BCUT2D eigenvalue weighted by molar-refractivity contribution is 0.537. The Morgan fingerprint density at radius 2 is 1.23 bits per heavy atom. The van der Waals surface area contributed by atoms with Crippen LogP contribution in [0.4, 0.5) is 17.3 Å². The number of nitrogen functional groups attached to an aromatic ring is 1. The van der Waals surface area contributed by atoms with Crippen LogP contribution in [0.1, 0.15) is 117 Å². The molecule has 30 heavy (non-hydrogen) atoms. The van der Waals surface area contributed by atoms with E-state index < -0.39 is 0 Å². The van der Waals surface area contributed by atoms with Gasteiger partial charge < -0.3 is 16.0 Å². The van der Waals surface area contributed by atoms with Crippen molar-refractivity contribution in [3.63, 3.8) is 0 Å². The summed E-state index contributed by atoms with van der Waals surface area (Å²) in [5.74, 6) is 1.61. The molecule has 0 atom stereocenters. The quantitative estimate of drug-likeness (QED) is 0.219. The lowest BCUT2D eigenvalue weighted by Crippen LogP contribution is -2.22. The zero-order valence-corrected chi connectivity index (χ0v) is 20.2. The monoisotopic (exact) mass is 419 g/mol. The van der Waals surface area contributed by atoms with Crippen LogP contribution in [0.25, 0.3) is 0 Å². The highest BCUT2D eigenvalue weighted by molar-refractivity contribution is 5.74. The predicted octanol–water partition coefficient (Wildman–Crippen LogP) is 7.19. The molecule has 0 unspecified atom stereocenters. The fourth-order valence-electron chi connectivity index (χ4n) is 3.86. The molecule has 1 aromatic rings. The van der Waals surface area contributed by atoms with E-state index in [9.17, 15) is 0 Å². The van der Waals surface area contributed by atoms with Gasteiger partial charge in [-0.3, -0.25) is 0 Å². The lowest BCUT2D eigenvalue weighted by Gasteiger charge is -2.20. The Kier molecular flexibility index (Phi) is 16.1. The van der Waals surface area contributed by atoms with Crippen molar-refractivity contribution in [3.8, 4) is 0 Å². The SMILES string of the molecule is CCCCCCCCCCCCCCCCNc1ncnc(N(C)CCCC)c1N. The van der Waals surface area contributed by atoms with Gasteiger partial charge in [0.25, 0.3) is 0 Å². The summed E-state index contributed by atoms with van der Waals surface area (Å²) in [5, 5.41) is 3.40. The van der Waals surface area contributed by atoms with Crippen LogP contribution in [0.2, 0.25) is 0 Å². The number of nitrogens with two attached hydrogens (primary N) is 1. The van der Waals surface area contributed by atoms with Gasteiger partial charge in [0.2, 0.25) is 0 Å². The molecule has 0 saturated heterocycles. The van der Waals surface area contributed by atoms with Crippen molar-refractivity contribution in [1.29, 1.82) is 0 Å². The summed E-state index contributed by atoms with van der Waals surface area (Å²) in [6.07, 6.45) is 23.3. The van der Waals surface area contributed by atoms with Gasteiger partial charge in [-0.15, -0.1) is 0 Å². The fraction of sp³-hybridized carbons (Fsp3) is 0.840. The summed E-state index contributed by atoms with van der Waals surface area (Å²) < 4.78 is 0. The smallest absolute Gasteiger partial charge is 0.157 e. The van der Waals surface area contributed by atoms with E-state index in [1.54, 1.807) is 6.33 Å². The minimum absolute atomic E-state index is 0.668. The minimum atomic E-state index is 0.668. The average Bonchev–Trinajstić information content (AvgIpc) is 2.75. The van der Waals surface area contributed by atoms with Crippen molar-refractivity contribution >= 4 is 17.3 Å². The predicted molar refractivity (Wildman–Crippen MR) is 133 cm³/mol. The molecule has 5 heteroatoms. The highest BCUT2D eigenvalue weighted by Crippen LogP contribution is 2.25. The fourth-order valence-corrected chi connectivity index (χ4v) is 3.86. The van der Waals surface area contributed by atoms with Crippen LogP contribution in [-0.2, 0) is 0 Å². The topological polar surface area (TPSA) is 67.1 Å². The summed E-state index contributed by atoms with van der Waals surface area (Å²) >= 11 is 0. The van der Waals surface area contributed by atoms with Crippen LogP contribution in [0.5, 0.6) is 0 Å². The van der Waals surface area contributed by atoms with Gasteiger partial charge in [-0.1, -0.05) is 104 Å². The number of nitrogens with one attached hydrogen (secondary N) is 1. The summed E-state index contributed by atoms with van der Waals surface area (Å²) in [7, 11) is 2.05. The highest BCUT2D eigenvalue weighted by Gasteiger charge is 2.11. The first-order valence-electron chi connectivity index (χ1n) is 12.8. The average molecular weight is 420 g/mol. The van der Waals surface area contributed by atoms with Crippen molar-refractivity contribution in [2.24, 2.45) is 0 Å². The first kappa shape index (κ1) is 26.5. The summed E-state index contributed by atoms with van der Waals surface area (Å²) in [6.45, 7) is 6.38. The van der Waals surface area contributed by atoms with Crippen molar-refractivity contribution in [2.45, 2.75) is 117 Å². The first-order valence-corrected chi connectivity index (χ1v) is 12.8. The molecule has 0 bridgehead atoms. The molecule has 0 saturated carbocycles. The minimum Gasteiger partial charge on any atom is -0.393 e. The normalized spacial score (nSPS) is 11.0. The maximum Gasteiger partial charge on any atom is 0.157 e. The molecular weight excluding hydrogens is 370 g/mol. The zero-order chi connectivity index (χ0) is 21.9. The Bertz CT molecular complexity index is 520. The van der Waals surface area contributed by atoms with Crippen molar-refractivity contribution in [3.05, 3.63) is 6.33 Å². The molecule has 0 amide bonds. The molecule has 1 rings (SSSR count). The largest absolute Gasteiger partial charge is 0.393 e. The van der Waals surface area contributed by atoms with Gasteiger partial charge in [0.1, 0.15) is 12.0 Å². The highest BCUT2D eigenvalue weighted by atomic mass is 15.2. The number of anilines is 3. The van der Waals surface area contributed by atoms with E-state index in [0.29, 0.717) is 5.69 Å².